The Morgan fingerprint density at radius 2 is 1.81 bits per heavy atom. The van der Waals surface area contributed by atoms with Crippen molar-refractivity contribution in [3.05, 3.63) is 95.3 Å². The van der Waals surface area contributed by atoms with Crippen LogP contribution < -0.4 is 4.74 Å². The molecular weight excluding hydrogens is 362 g/mol. The molecule has 0 bridgehead atoms. The van der Waals surface area contributed by atoms with Crippen molar-refractivity contribution in [1.82, 2.24) is 4.31 Å². The Labute approximate surface area is 159 Å². The number of furan rings is 1. The Balaban J connectivity index is 1.87. The lowest BCUT2D eigenvalue weighted by Gasteiger charge is -2.19. The summed E-state index contributed by atoms with van der Waals surface area (Å²) < 4.78 is 37.9. The van der Waals surface area contributed by atoms with Crippen LogP contribution in [0.25, 0.3) is 6.08 Å². The van der Waals surface area contributed by atoms with E-state index in [4.69, 9.17) is 9.15 Å². The summed E-state index contributed by atoms with van der Waals surface area (Å²) in [6, 6.07) is 20.2. The summed E-state index contributed by atoms with van der Waals surface area (Å²) in [5.74, 6) is 1.26. The zero-order valence-corrected chi connectivity index (χ0v) is 15.8. The van der Waals surface area contributed by atoms with Gasteiger partial charge in [0.15, 0.2) is 0 Å². The van der Waals surface area contributed by atoms with Crippen LogP contribution in [-0.4, -0.2) is 19.8 Å². The van der Waals surface area contributed by atoms with Crippen molar-refractivity contribution in [3.63, 3.8) is 0 Å². The maximum Gasteiger partial charge on any atom is 0.236 e. The van der Waals surface area contributed by atoms with E-state index in [0.29, 0.717) is 11.5 Å². The Hall–Kier alpha value is -2.83. The van der Waals surface area contributed by atoms with Crippen LogP contribution in [0, 0.1) is 0 Å². The summed E-state index contributed by atoms with van der Waals surface area (Å²) in [5, 5.41) is 1.23. The molecule has 1 heterocycles. The van der Waals surface area contributed by atoms with Gasteiger partial charge in [0.2, 0.25) is 10.0 Å². The Morgan fingerprint density at radius 1 is 1.00 bits per heavy atom. The van der Waals surface area contributed by atoms with Gasteiger partial charge in [0.05, 0.1) is 19.9 Å². The number of nitrogens with zero attached hydrogens (tertiary/aromatic N) is 1. The molecule has 0 fully saturated rings. The molecule has 2 aromatic carbocycles. The first-order chi connectivity index (χ1) is 13.1. The fraction of sp³-hybridized carbons (Fsp3) is 0.143. The van der Waals surface area contributed by atoms with Crippen LogP contribution in [0.4, 0.5) is 0 Å². The van der Waals surface area contributed by atoms with Gasteiger partial charge in [0, 0.05) is 12.0 Å². The summed E-state index contributed by atoms with van der Waals surface area (Å²) in [4.78, 5) is 0. The standard InChI is InChI=1S/C21H21NO4S/c1-25-20-10-5-9-19(15-20)16-22(17-21-11-6-13-26-21)27(23,24)14-12-18-7-3-2-4-8-18/h2-15H,16-17H2,1H3/b14-12+. The van der Waals surface area contributed by atoms with E-state index in [1.807, 2.05) is 54.6 Å². The molecule has 0 aliphatic heterocycles. The van der Waals surface area contributed by atoms with Gasteiger partial charge in [0.25, 0.3) is 0 Å². The normalized spacial score (nSPS) is 11.9. The zero-order chi connectivity index (χ0) is 19.1. The minimum Gasteiger partial charge on any atom is -0.497 e. The molecule has 3 rings (SSSR count). The van der Waals surface area contributed by atoms with Gasteiger partial charge < -0.3 is 9.15 Å². The topological polar surface area (TPSA) is 59.8 Å². The third-order valence-electron chi connectivity index (χ3n) is 4.00. The van der Waals surface area contributed by atoms with E-state index >= 15 is 0 Å². The van der Waals surface area contributed by atoms with E-state index in [9.17, 15) is 8.42 Å². The fourth-order valence-corrected chi connectivity index (χ4v) is 3.74. The second kappa shape index (κ2) is 8.70. The number of benzene rings is 2. The van der Waals surface area contributed by atoms with Crippen molar-refractivity contribution in [2.45, 2.75) is 13.1 Å². The summed E-state index contributed by atoms with van der Waals surface area (Å²) >= 11 is 0. The van der Waals surface area contributed by atoms with Gasteiger partial charge in [0.1, 0.15) is 11.5 Å². The molecule has 5 nitrogen and oxygen atoms in total. The molecule has 0 radical (unpaired) electrons. The molecule has 6 heteroatoms. The van der Waals surface area contributed by atoms with E-state index < -0.39 is 10.0 Å². The van der Waals surface area contributed by atoms with Crippen LogP contribution in [0.5, 0.6) is 5.75 Å². The zero-order valence-electron chi connectivity index (χ0n) is 15.0. The van der Waals surface area contributed by atoms with Crippen molar-refractivity contribution < 1.29 is 17.6 Å². The lowest BCUT2D eigenvalue weighted by Crippen LogP contribution is -2.28. The minimum absolute atomic E-state index is 0.145. The van der Waals surface area contributed by atoms with Crippen molar-refractivity contribution in [2.24, 2.45) is 0 Å². The number of hydrogen-bond donors (Lipinski definition) is 0. The van der Waals surface area contributed by atoms with E-state index in [-0.39, 0.29) is 13.1 Å². The average molecular weight is 383 g/mol. The molecule has 140 valence electrons. The Kier molecular flexibility index (Phi) is 6.11. The lowest BCUT2D eigenvalue weighted by atomic mass is 10.2. The summed E-state index contributed by atoms with van der Waals surface area (Å²) in [5.41, 5.74) is 1.65. The molecular formula is C21H21NO4S. The second-order valence-corrected chi connectivity index (χ2v) is 7.78. The number of hydrogen-bond acceptors (Lipinski definition) is 4. The van der Waals surface area contributed by atoms with E-state index in [2.05, 4.69) is 0 Å². The largest absolute Gasteiger partial charge is 0.497 e. The quantitative estimate of drug-likeness (QED) is 0.582. The molecule has 1 aromatic heterocycles. The van der Waals surface area contributed by atoms with Gasteiger partial charge in [-0.1, -0.05) is 42.5 Å². The first-order valence-corrected chi connectivity index (χ1v) is 9.96. The van der Waals surface area contributed by atoms with Crippen molar-refractivity contribution in [2.75, 3.05) is 7.11 Å². The first kappa shape index (κ1) is 18.9. The van der Waals surface area contributed by atoms with Crippen LogP contribution in [-0.2, 0) is 23.1 Å². The molecule has 0 N–H and O–H groups in total. The maximum atomic E-state index is 13.0. The molecule has 0 spiro atoms. The lowest BCUT2D eigenvalue weighted by molar-refractivity contribution is 0.361. The molecule has 27 heavy (non-hydrogen) atoms. The molecule has 0 aliphatic rings. The smallest absolute Gasteiger partial charge is 0.236 e. The van der Waals surface area contributed by atoms with Gasteiger partial charge in [-0.15, -0.1) is 0 Å². The maximum absolute atomic E-state index is 13.0. The van der Waals surface area contributed by atoms with Gasteiger partial charge >= 0.3 is 0 Å². The minimum atomic E-state index is -3.66. The monoisotopic (exact) mass is 383 g/mol. The number of ether oxygens (including phenoxy) is 1. The van der Waals surface area contributed by atoms with Gasteiger partial charge in [-0.05, 0) is 41.5 Å². The number of rotatable bonds is 8. The van der Waals surface area contributed by atoms with Gasteiger partial charge in [-0.25, -0.2) is 8.42 Å². The highest BCUT2D eigenvalue weighted by Crippen LogP contribution is 2.20. The molecule has 3 aromatic rings. The number of sulfonamides is 1. The van der Waals surface area contributed by atoms with E-state index in [1.165, 1.54) is 16.0 Å². The predicted octanol–water partition coefficient (Wildman–Crippen LogP) is 4.29. The third-order valence-corrected chi connectivity index (χ3v) is 5.46. The highest BCUT2D eigenvalue weighted by molar-refractivity contribution is 7.92. The molecule has 0 saturated carbocycles. The first-order valence-electron chi connectivity index (χ1n) is 8.45. The second-order valence-electron chi connectivity index (χ2n) is 5.96. The van der Waals surface area contributed by atoms with Crippen LogP contribution in [0.15, 0.2) is 82.8 Å². The fourth-order valence-electron chi connectivity index (χ4n) is 2.60. The van der Waals surface area contributed by atoms with E-state index in [0.717, 1.165) is 11.1 Å². The Morgan fingerprint density at radius 3 is 2.52 bits per heavy atom. The Bertz CT molecular complexity index is 980. The van der Waals surface area contributed by atoms with Crippen molar-refractivity contribution in [3.8, 4) is 5.75 Å². The summed E-state index contributed by atoms with van der Waals surface area (Å²) in [7, 11) is -2.08. The SMILES string of the molecule is COc1cccc(CN(Cc2ccco2)S(=O)(=O)/C=C/c2ccccc2)c1. The van der Waals surface area contributed by atoms with Crippen LogP contribution >= 0.6 is 0 Å². The summed E-state index contributed by atoms with van der Waals surface area (Å²) in [6.07, 6.45) is 3.13. The summed E-state index contributed by atoms with van der Waals surface area (Å²) in [6.45, 7) is 0.352. The van der Waals surface area contributed by atoms with Crippen molar-refractivity contribution >= 4 is 16.1 Å². The van der Waals surface area contributed by atoms with Crippen molar-refractivity contribution in [1.29, 1.82) is 0 Å². The molecule has 0 amide bonds. The number of methoxy groups -OCH3 is 1. The van der Waals surface area contributed by atoms with Gasteiger partial charge in [-0.2, -0.15) is 4.31 Å². The van der Waals surface area contributed by atoms with Crippen LogP contribution in [0.1, 0.15) is 16.9 Å². The molecule has 0 unspecified atom stereocenters. The van der Waals surface area contributed by atoms with Crippen LogP contribution in [0.3, 0.4) is 0 Å². The highest BCUT2D eigenvalue weighted by Gasteiger charge is 2.21. The third kappa shape index (κ3) is 5.32. The molecule has 0 atom stereocenters. The predicted molar refractivity (Wildman–Crippen MR) is 105 cm³/mol. The van der Waals surface area contributed by atoms with Gasteiger partial charge in [-0.3, -0.25) is 0 Å². The highest BCUT2D eigenvalue weighted by atomic mass is 32.2. The molecule has 0 aliphatic carbocycles. The average Bonchev–Trinajstić information content (AvgIpc) is 3.20. The van der Waals surface area contributed by atoms with E-state index in [1.54, 1.807) is 25.3 Å². The van der Waals surface area contributed by atoms with Crippen LogP contribution in [0.2, 0.25) is 0 Å². The molecule has 0 saturated heterocycles.